The highest BCUT2D eigenvalue weighted by molar-refractivity contribution is 5.75. The molecule has 0 aliphatic carbocycles. The summed E-state index contributed by atoms with van der Waals surface area (Å²) in [6.45, 7) is 7.39. The number of hydrogen-bond acceptors (Lipinski definition) is 7. The number of nitrogens with one attached hydrogen (secondary N) is 2. The second-order valence-corrected chi connectivity index (χ2v) is 8.42. The molecule has 0 aromatic carbocycles. The molecular weight excluding hydrogens is 370 g/mol. The molecule has 0 spiro atoms. The van der Waals surface area contributed by atoms with E-state index in [9.17, 15) is 4.79 Å². The fourth-order valence-corrected chi connectivity index (χ4v) is 4.39. The summed E-state index contributed by atoms with van der Waals surface area (Å²) in [6.07, 6.45) is 5.34. The number of carbonyl (C=O) groups excluding carboxylic acids is 1. The Bertz CT molecular complexity index is 947. The lowest BCUT2D eigenvalue weighted by molar-refractivity contribution is 0.203. The summed E-state index contributed by atoms with van der Waals surface area (Å²) in [5, 5.41) is 18.7. The Morgan fingerprint density at radius 2 is 2.00 bits per heavy atom. The van der Waals surface area contributed by atoms with E-state index in [1.807, 2.05) is 30.3 Å². The first-order valence-corrected chi connectivity index (χ1v) is 9.55. The van der Waals surface area contributed by atoms with Gasteiger partial charge in [-0.3, -0.25) is 4.68 Å². The highest BCUT2D eigenvalue weighted by Crippen LogP contribution is 2.52. The lowest BCUT2D eigenvalue weighted by atomic mass is 9.71. The average Bonchev–Trinajstić information content (AvgIpc) is 3.27. The van der Waals surface area contributed by atoms with Crippen LogP contribution in [0.4, 0.5) is 22.2 Å². The first-order valence-electron chi connectivity index (χ1n) is 9.55. The zero-order chi connectivity index (χ0) is 20.6. The quantitative estimate of drug-likeness (QED) is 0.751. The van der Waals surface area contributed by atoms with Gasteiger partial charge in [-0.2, -0.15) is 15.3 Å². The minimum absolute atomic E-state index is 0.0303. The molecule has 10 heteroatoms. The number of nitriles is 1. The zero-order valence-corrected chi connectivity index (χ0v) is 16.9. The molecule has 29 heavy (non-hydrogen) atoms. The summed E-state index contributed by atoms with van der Waals surface area (Å²) in [4.78, 5) is 25.4. The van der Waals surface area contributed by atoms with Crippen LogP contribution in [0.5, 0.6) is 0 Å². The van der Waals surface area contributed by atoms with Crippen LogP contribution in [0.25, 0.3) is 0 Å². The molecule has 2 amide bonds. The summed E-state index contributed by atoms with van der Waals surface area (Å²) in [5.41, 5.74) is 0.721. The van der Waals surface area contributed by atoms with Crippen molar-refractivity contribution in [1.29, 1.82) is 5.26 Å². The van der Waals surface area contributed by atoms with Gasteiger partial charge in [0.05, 0.1) is 18.0 Å². The molecule has 2 aliphatic heterocycles. The van der Waals surface area contributed by atoms with Crippen LogP contribution in [-0.2, 0) is 7.05 Å². The van der Waals surface area contributed by atoms with Gasteiger partial charge in [-0.15, -0.1) is 0 Å². The maximum atomic E-state index is 12.3. The summed E-state index contributed by atoms with van der Waals surface area (Å²) in [6, 6.07) is 3.70. The molecular formula is C19H25N9O. The smallest absolute Gasteiger partial charge is 0.318 e. The van der Waals surface area contributed by atoms with Crippen molar-refractivity contribution >= 4 is 23.5 Å². The van der Waals surface area contributed by atoms with E-state index in [1.165, 1.54) is 0 Å². The zero-order valence-electron chi connectivity index (χ0n) is 16.9. The first-order chi connectivity index (χ1) is 13.8. The fraction of sp³-hybridized carbons (Fsp3) is 0.526. The number of hydrogen-bond donors (Lipinski definition) is 2. The molecule has 0 radical (unpaired) electrons. The molecule has 2 unspecified atom stereocenters. The van der Waals surface area contributed by atoms with E-state index in [0.717, 1.165) is 24.6 Å². The first kappa shape index (κ1) is 19.0. The maximum absolute atomic E-state index is 12.3. The second-order valence-electron chi connectivity index (χ2n) is 8.42. The largest absolute Gasteiger partial charge is 0.355 e. The van der Waals surface area contributed by atoms with Gasteiger partial charge in [-0.05, 0) is 6.07 Å². The fourth-order valence-electron chi connectivity index (χ4n) is 4.39. The SMILES string of the molecule is Cn1cc(Nc2nccc(N3CC4(C)CN(C(=O)NCC#N)CC4(C)C3)n2)cn1. The second kappa shape index (κ2) is 6.92. The molecule has 152 valence electrons. The third kappa shape index (κ3) is 3.44. The van der Waals surface area contributed by atoms with Crippen LogP contribution in [0.1, 0.15) is 13.8 Å². The number of likely N-dealkylation sites (tertiary alicyclic amines) is 1. The topological polar surface area (TPSA) is 115 Å². The van der Waals surface area contributed by atoms with Gasteiger partial charge >= 0.3 is 6.03 Å². The molecule has 10 nitrogen and oxygen atoms in total. The van der Waals surface area contributed by atoms with Crippen molar-refractivity contribution in [2.45, 2.75) is 13.8 Å². The minimum Gasteiger partial charge on any atom is -0.355 e. The monoisotopic (exact) mass is 395 g/mol. The lowest BCUT2D eigenvalue weighted by Gasteiger charge is -2.29. The lowest BCUT2D eigenvalue weighted by Crippen LogP contribution is -2.42. The summed E-state index contributed by atoms with van der Waals surface area (Å²) < 4.78 is 1.72. The molecule has 0 saturated carbocycles. The number of anilines is 3. The van der Waals surface area contributed by atoms with Gasteiger partial charge in [0.1, 0.15) is 12.4 Å². The van der Waals surface area contributed by atoms with Gasteiger partial charge in [0.2, 0.25) is 5.95 Å². The van der Waals surface area contributed by atoms with E-state index in [2.05, 4.69) is 44.4 Å². The van der Waals surface area contributed by atoms with Crippen molar-refractivity contribution in [3.05, 3.63) is 24.7 Å². The number of urea groups is 1. The van der Waals surface area contributed by atoms with Crippen molar-refractivity contribution < 1.29 is 4.79 Å². The van der Waals surface area contributed by atoms with E-state index in [-0.39, 0.29) is 23.4 Å². The Morgan fingerprint density at radius 1 is 1.28 bits per heavy atom. The van der Waals surface area contributed by atoms with Crippen LogP contribution in [-0.4, -0.2) is 63.4 Å². The Morgan fingerprint density at radius 3 is 2.62 bits per heavy atom. The van der Waals surface area contributed by atoms with Crippen molar-refractivity contribution in [1.82, 2.24) is 30.0 Å². The Balaban J connectivity index is 1.47. The summed E-state index contributed by atoms with van der Waals surface area (Å²) >= 11 is 0. The Kier molecular flexibility index (Phi) is 4.53. The van der Waals surface area contributed by atoms with E-state index in [1.54, 1.807) is 17.1 Å². The summed E-state index contributed by atoms with van der Waals surface area (Å²) in [5.74, 6) is 1.39. The van der Waals surface area contributed by atoms with Gasteiger partial charge < -0.3 is 20.4 Å². The Labute approximate surface area is 169 Å². The average molecular weight is 395 g/mol. The van der Waals surface area contributed by atoms with E-state index >= 15 is 0 Å². The van der Waals surface area contributed by atoms with Crippen molar-refractivity contribution in [3.63, 3.8) is 0 Å². The van der Waals surface area contributed by atoms with Crippen molar-refractivity contribution in [2.75, 3.05) is 42.9 Å². The molecule has 2 fully saturated rings. The van der Waals surface area contributed by atoms with Crippen LogP contribution in [0, 0.1) is 22.2 Å². The predicted molar refractivity (Wildman–Crippen MR) is 108 cm³/mol. The number of carbonyl (C=O) groups is 1. The van der Waals surface area contributed by atoms with Crippen LogP contribution >= 0.6 is 0 Å². The molecule has 2 atom stereocenters. The van der Waals surface area contributed by atoms with Crippen LogP contribution in [0.2, 0.25) is 0 Å². The number of fused-ring (bicyclic) bond motifs is 1. The molecule has 4 heterocycles. The third-order valence-electron chi connectivity index (χ3n) is 6.15. The van der Waals surface area contributed by atoms with Crippen LogP contribution in [0.15, 0.2) is 24.7 Å². The number of aromatic nitrogens is 4. The summed E-state index contributed by atoms with van der Waals surface area (Å²) in [7, 11) is 1.86. The van der Waals surface area contributed by atoms with Gasteiger partial charge in [0.25, 0.3) is 0 Å². The number of amides is 2. The van der Waals surface area contributed by atoms with Crippen LogP contribution in [0.3, 0.4) is 0 Å². The molecule has 2 saturated heterocycles. The number of nitrogens with zero attached hydrogens (tertiary/aromatic N) is 7. The third-order valence-corrected chi connectivity index (χ3v) is 6.15. The van der Waals surface area contributed by atoms with E-state index in [4.69, 9.17) is 5.26 Å². The number of aryl methyl sites for hydroxylation is 1. The van der Waals surface area contributed by atoms with Crippen molar-refractivity contribution in [3.8, 4) is 6.07 Å². The van der Waals surface area contributed by atoms with Gasteiger partial charge in [0, 0.05) is 56.5 Å². The Hall–Kier alpha value is -3.35. The molecule has 2 aliphatic rings. The highest BCUT2D eigenvalue weighted by Gasteiger charge is 2.58. The molecule has 2 aromatic rings. The predicted octanol–water partition coefficient (Wildman–Crippen LogP) is 1.34. The highest BCUT2D eigenvalue weighted by atomic mass is 16.2. The van der Waals surface area contributed by atoms with Gasteiger partial charge in [-0.25, -0.2) is 9.78 Å². The standard InChI is InChI=1S/C19H25N9O/c1-18-10-27(11-19(18,2)13-28(12-18)17(29)22-7-5-20)15-4-6-21-16(25-15)24-14-8-23-26(3)9-14/h4,6,8-9H,7,10-13H2,1-3H3,(H,22,29)(H,21,24,25). The normalized spacial score (nSPS) is 25.6. The van der Waals surface area contributed by atoms with Gasteiger partial charge in [0.15, 0.2) is 0 Å². The van der Waals surface area contributed by atoms with E-state index < -0.39 is 0 Å². The van der Waals surface area contributed by atoms with Crippen molar-refractivity contribution in [2.24, 2.45) is 17.9 Å². The number of rotatable bonds is 4. The molecule has 0 bridgehead atoms. The van der Waals surface area contributed by atoms with Crippen LogP contribution < -0.4 is 15.5 Å². The molecule has 4 rings (SSSR count). The maximum Gasteiger partial charge on any atom is 0.318 e. The van der Waals surface area contributed by atoms with Gasteiger partial charge in [-0.1, -0.05) is 13.8 Å². The minimum atomic E-state index is -0.167. The molecule has 2 aromatic heterocycles. The van der Waals surface area contributed by atoms with E-state index in [0.29, 0.717) is 19.0 Å². The molecule has 2 N–H and O–H groups in total.